The first-order valence-electron chi connectivity index (χ1n) is 8.52. The molecule has 0 saturated carbocycles. The minimum absolute atomic E-state index is 0.209. The summed E-state index contributed by atoms with van der Waals surface area (Å²) in [6.45, 7) is 1.69. The van der Waals surface area contributed by atoms with Crippen molar-refractivity contribution in [2.24, 2.45) is 0 Å². The van der Waals surface area contributed by atoms with Gasteiger partial charge in [-0.25, -0.2) is 4.98 Å². The highest BCUT2D eigenvalue weighted by Crippen LogP contribution is 2.29. The first kappa shape index (κ1) is 20.0. The molecule has 4 nitrogen and oxygen atoms in total. The zero-order valence-electron chi connectivity index (χ0n) is 14.5. The second-order valence-corrected chi connectivity index (χ2v) is 7.22. The van der Waals surface area contributed by atoms with Crippen LogP contribution in [0.4, 0.5) is 0 Å². The average Bonchev–Trinajstić information content (AvgIpc) is 3.15. The Balaban J connectivity index is 1.55. The highest BCUT2D eigenvalue weighted by Gasteiger charge is 2.16. The van der Waals surface area contributed by atoms with Gasteiger partial charge in [0.05, 0.1) is 26.1 Å². The van der Waals surface area contributed by atoms with Crippen molar-refractivity contribution in [2.75, 3.05) is 13.2 Å². The van der Waals surface area contributed by atoms with E-state index in [0.29, 0.717) is 34.8 Å². The van der Waals surface area contributed by atoms with E-state index in [1.54, 1.807) is 30.7 Å². The zero-order valence-corrected chi connectivity index (χ0v) is 16.8. The van der Waals surface area contributed by atoms with Crippen molar-refractivity contribution in [3.63, 3.8) is 0 Å². The number of benzene rings is 2. The van der Waals surface area contributed by atoms with E-state index in [1.165, 1.54) is 0 Å². The first-order valence-corrected chi connectivity index (χ1v) is 9.66. The lowest BCUT2D eigenvalue weighted by Gasteiger charge is -2.20. The number of hydrogen-bond acceptors (Lipinski definition) is 3. The van der Waals surface area contributed by atoms with E-state index in [1.807, 2.05) is 35.0 Å². The van der Waals surface area contributed by atoms with Crippen molar-refractivity contribution in [3.05, 3.63) is 81.8 Å². The Morgan fingerprint density at radius 3 is 2.44 bits per heavy atom. The standard InChI is InChI=1S/C20H19Cl3N2O2/c21-15-2-5-17(6-3-15)26-10-1-11-27-20(13-25-9-8-24-14-25)18-7-4-16(22)12-19(18)23/h2-9,12,14,20H,1,10-11,13H2/t20-/m0/s1. The third kappa shape index (κ3) is 6.15. The summed E-state index contributed by atoms with van der Waals surface area (Å²) in [5.41, 5.74) is 0.897. The maximum atomic E-state index is 6.37. The van der Waals surface area contributed by atoms with Gasteiger partial charge in [0, 0.05) is 39.4 Å². The number of ether oxygens (including phenoxy) is 2. The van der Waals surface area contributed by atoms with Gasteiger partial charge in [-0.3, -0.25) is 0 Å². The molecule has 7 heteroatoms. The zero-order chi connectivity index (χ0) is 19.1. The summed E-state index contributed by atoms with van der Waals surface area (Å²) >= 11 is 18.3. The van der Waals surface area contributed by atoms with Crippen molar-refractivity contribution >= 4 is 34.8 Å². The third-order valence-corrected chi connectivity index (χ3v) is 4.75. The minimum atomic E-state index is -0.209. The lowest BCUT2D eigenvalue weighted by Crippen LogP contribution is -2.14. The Morgan fingerprint density at radius 1 is 0.963 bits per heavy atom. The van der Waals surface area contributed by atoms with Crippen LogP contribution >= 0.6 is 34.8 Å². The smallest absolute Gasteiger partial charge is 0.119 e. The summed E-state index contributed by atoms with van der Waals surface area (Å²) < 4.78 is 13.8. The second kappa shape index (κ2) is 10.00. The average molecular weight is 426 g/mol. The van der Waals surface area contributed by atoms with Crippen molar-refractivity contribution in [1.29, 1.82) is 0 Å². The van der Waals surface area contributed by atoms with Crippen LogP contribution in [-0.4, -0.2) is 22.8 Å². The van der Waals surface area contributed by atoms with Crippen molar-refractivity contribution in [3.8, 4) is 5.75 Å². The second-order valence-electron chi connectivity index (χ2n) is 5.94. The van der Waals surface area contributed by atoms with E-state index < -0.39 is 0 Å². The van der Waals surface area contributed by atoms with Crippen LogP contribution in [0.15, 0.2) is 61.2 Å². The molecule has 0 aliphatic carbocycles. The Kier molecular flexibility index (Phi) is 7.41. The fourth-order valence-corrected chi connectivity index (χ4v) is 3.25. The predicted molar refractivity (Wildman–Crippen MR) is 109 cm³/mol. The van der Waals surface area contributed by atoms with Crippen LogP contribution in [0.5, 0.6) is 5.75 Å². The molecule has 0 radical (unpaired) electrons. The van der Waals surface area contributed by atoms with Gasteiger partial charge >= 0.3 is 0 Å². The molecular weight excluding hydrogens is 407 g/mol. The molecule has 142 valence electrons. The molecule has 3 aromatic rings. The maximum absolute atomic E-state index is 6.37. The molecule has 1 atom stereocenters. The number of hydrogen-bond donors (Lipinski definition) is 0. The van der Waals surface area contributed by atoms with Gasteiger partial charge < -0.3 is 14.0 Å². The molecule has 0 saturated heterocycles. The van der Waals surface area contributed by atoms with E-state index in [-0.39, 0.29) is 6.10 Å². The summed E-state index contributed by atoms with van der Waals surface area (Å²) in [6.07, 6.45) is 5.92. The van der Waals surface area contributed by atoms with Gasteiger partial charge in [0.1, 0.15) is 11.9 Å². The molecule has 3 rings (SSSR count). The van der Waals surface area contributed by atoms with Gasteiger partial charge in [-0.05, 0) is 36.4 Å². The van der Waals surface area contributed by atoms with E-state index in [0.717, 1.165) is 17.7 Å². The monoisotopic (exact) mass is 424 g/mol. The third-order valence-electron chi connectivity index (χ3n) is 3.94. The van der Waals surface area contributed by atoms with Gasteiger partial charge in [-0.15, -0.1) is 0 Å². The SMILES string of the molecule is Clc1ccc(OCCCO[C@@H](Cn2ccnc2)c2ccc(Cl)cc2Cl)cc1. The lowest BCUT2D eigenvalue weighted by atomic mass is 10.1. The summed E-state index contributed by atoms with van der Waals surface area (Å²) in [5.74, 6) is 0.787. The summed E-state index contributed by atoms with van der Waals surface area (Å²) in [4.78, 5) is 4.08. The Labute approximate surface area is 173 Å². The number of nitrogens with zero attached hydrogens (tertiary/aromatic N) is 2. The fraction of sp³-hybridized carbons (Fsp3) is 0.250. The Bertz CT molecular complexity index is 839. The molecule has 1 aromatic heterocycles. The van der Waals surface area contributed by atoms with Gasteiger partial charge in [-0.2, -0.15) is 0 Å². The van der Waals surface area contributed by atoms with Crippen LogP contribution in [0, 0.1) is 0 Å². The van der Waals surface area contributed by atoms with Crippen molar-refractivity contribution in [2.45, 2.75) is 19.1 Å². The normalized spacial score (nSPS) is 12.1. The van der Waals surface area contributed by atoms with E-state index in [2.05, 4.69) is 4.98 Å². The van der Waals surface area contributed by atoms with Crippen molar-refractivity contribution < 1.29 is 9.47 Å². The molecule has 0 fully saturated rings. The molecule has 0 bridgehead atoms. The fourth-order valence-electron chi connectivity index (χ4n) is 2.60. The number of rotatable bonds is 9. The van der Waals surface area contributed by atoms with E-state index >= 15 is 0 Å². The molecule has 0 aliphatic heterocycles. The van der Waals surface area contributed by atoms with E-state index in [9.17, 15) is 0 Å². The summed E-state index contributed by atoms with van der Waals surface area (Å²) in [6, 6.07) is 12.7. The van der Waals surface area contributed by atoms with E-state index in [4.69, 9.17) is 44.3 Å². The number of aromatic nitrogens is 2. The highest BCUT2D eigenvalue weighted by molar-refractivity contribution is 6.35. The quantitative estimate of drug-likeness (QED) is 0.390. The van der Waals surface area contributed by atoms with Crippen LogP contribution in [0.1, 0.15) is 18.1 Å². The molecule has 0 spiro atoms. The lowest BCUT2D eigenvalue weighted by molar-refractivity contribution is 0.0337. The molecule has 2 aromatic carbocycles. The van der Waals surface area contributed by atoms with Gasteiger partial charge in [0.2, 0.25) is 0 Å². The summed E-state index contributed by atoms with van der Waals surface area (Å²) in [5, 5.41) is 1.87. The largest absolute Gasteiger partial charge is 0.494 e. The Morgan fingerprint density at radius 2 is 1.74 bits per heavy atom. The predicted octanol–water partition coefficient (Wildman–Crippen LogP) is 6.07. The van der Waals surface area contributed by atoms with Crippen LogP contribution in [-0.2, 0) is 11.3 Å². The van der Waals surface area contributed by atoms with Crippen molar-refractivity contribution in [1.82, 2.24) is 9.55 Å². The van der Waals surface area contributed by atoms with Crippen LogP contribution in [0.2, 0.25) is 15.1 Å². The van der Waals surface area contributed by atoms with Crippen LogP contribution in [0.3, 0.4) is 0 Å². The summed E-state index contributed by atoms with van der Waals surface area (Å²) in [7, 11) is 0. The molecule has 27 heavy (non-hydrogen) atoms. The minimum Gasteiger partial charge on any atom is -0.494 e. The number of imidazole rings is 1. The van der Waals surface area contributed by atoms with Gasteiger partial charge in [-0.1, -0.05) is 40.9 Å². The number of halogens is 3. The van der Waals surface area contributed by atoms with Gasteiger partial charge in [0.15, 0.2) is 0 Å². The molecule has 0 unspecified atom stereocenters. The Hall–Kier alpha value is -1.72. The highest BCUT2D eigenvalue weighted by atomic mass is 35.5. The molecule has 0 N–H and O–H groups in total. The van der Waals surface area contributed by atoms with Crippen LogP contribution < -0.4 is 4.74 Å². The van der Waals surface area contributed by atoms with Crippen LogP contribution in [0.25, 0.3) is 0 Å². The first-order chi connectivity index (χ1) is 13.1. The molecule has 0 aliphatic rings. The molecule has 1 heterocycles. The maximum Gasteiger partial charge on any atom is 0.119 e. The molecule has 0 amide bonds. The topological polar surface area (TPSA) is 36.3 Å². The van der Waals surface area contributed by atoms with Gasteiger partial charge in [0.25, 0.3) is 0 Å². The molecular formula is C20H19Cl3N2O2.